The van der Waals surface area contributed by atoms with E-state index in [4.69, 9.17) is 64.2 Å². The van der Waals surface area contributed by atoms with Gasteiger partial charge in [-0.2, -0.15) is 0 Å². The lowest BCUT2D eigenvalue weighted by molar-refractivity contribution is 0.669. The highest BCUT2D eigenvalue weighted by Gasteiger charge is 2.29. The standard InChI is InChI=1S/C38H23N5O.2C36H23N5/c1-3-10-23(11-4-1)36-41-37(24-12-5-2-6-13-24)43-38(42-36)29-17-9-16-28-30-21-26(18-19-32(30)44-35(28)29)33-31-20-25-14-7-8-15-27(25)34(31)40-22-39-33;1-3-9-24(10-4-1)34-39-35(25-11-5-2-6-12-25)41-36(40-34)28-18-16-23-15-17-27(19-29(23)20-28)32-31-21-26-13-7-8-14-30(26)33(31)38-22-37-32;1-3-9-23(10-4-1)34-39-35(24-11-5-2-6-12-24)41-36(40-34)29-18-16-25-19-28(17-15-26(25)20-29)32-31-21-27-13-7-8-14-30(27)33(31)38-22-37-32/h1-19,21-22H,20H2;2*1-20,22H,21H2. The number of para-hydroxylation sites is 1. The number of benzene rings is 15. The molecule has 0 radical (unpaired) electrons. The summed E-state index contributed by atoms with van der Waals surface area (Å²) in [6.45, 7) is 0. The Hall–Kier alpha value is -17.1. The van der Waals surface area contributed by atoms with E-state index in [1.165, 1.54) is 44.5 Å². The van der Waals surface area contributed by atoms with Crippen LogP contribution in [0.1, 0.15) is 33.4 Å². The molecule has 25 rings (SSSR count). The van der Waals surface area contributed by atoms with Crippen molar-refractivity contribution in [1.29, 1.82) is 0 Å². The Morgan fingerprint density at radius 2 is 0.460 bits per heavy atom. The molecule has 22 aromatic rings. The van der Waals surface area contributed by atoms with E-state index in [2.05, 4.69) is 179 Å². The van der Waals surface area contributed by atoms with Crippen LogP contribution in [0, 0.1) is 0 Å². The largest absolute Gasteiger partial charge is 0.455 e. The SMILES string of the molecule is c1ccc(-c2nc(-c3ccccc3)nc(-c3ccc4cc(-c5ncnc6c5Cc5ccccc5-6)ccc4c3)n2)cc1.c1ccc(-c2nc(-c3ccccc3)nc(-c3ccc4ccc(-c5ncnc6c5Cc5ccccc5-6)cc4c3)n2)cc1.c1ccc(-c2nc(-c3ccccc3)nc(-c3cccc4c3oc3ccc(-c5ncnc6c5Cc5ccccc5-6)cc34)n2)cc1. The van der Waals surface area contributed by atoms with Gasteiger partial charge in [-0.25, -0.2) is 74.8 Å². The summed E-state index contributed by atoms with van der Waals surface area (Å²) in [5, 5.41) is 6.51. The van der Waals surface area contributed by atoms with Gasteiger partial charge in [0.25, 0.3) is 0 Å². The molecule has 3 aliphatic carbocycles. The molecule has 0 saturated heterocycles. The molecule has 7 aromatic heterocycles. The van der Waals surface area contributed by atoms with Gasteiger partial charge in [0, 0.05) is 125 Å². The Morgan fingerprint density at radius 1 is 0.183 bits per heavy atom. The molecule has 126 heavy (non-hydrogen) atoms. The number of rotatable bonds is 12. The smallest absolute Gasteiger partial charge is 0.167 e. The van der Waals surface area contributed by atoms with Crippen molar-refractivity contribution in [2.75, 3.05) is 0 Å². The molecule has 590 valence electrons. The molecule has 0 N–H and O–H groups in total. The summed E-state index contributed by atoms with van der Waals surface area (Å²) >= 11 is 0. The van der Waals surface area contributed by atoms with Crippen LogP contribution in [0.15, 0.2) is 387 Å². The highest BCUT2D eigenvalue weighted by molar-refractivity contribution is 6.10. The summed E-state index contributed by atoms with van der Waals surface area (Å²) < 4.78 is 6.53. The molecule has 0 aliphatic heterocycles. The first-order chi connectivity index (χ1) is 62.4. The maximum Gasteiger partial charge on any atom is 0.167 e. The van der Waals surface area contributed by atoms with E-state index in [9.17, 15) is 0 Å². The van der Waals surface area contributed by atoms with E-state index in [-0.39, 0.29) is 0 Å². The first-order valence-corrected chi connectivity index (χ1v) is 41.8. The zero-order valence-corrected chi connectivity index (χ0v) is 67.6. The van der Waals surface area contributed by atoms with Crippen molar-refractivity contribution in [3.05, 3.63) is 416 Å². The average Bonchev–Trinajstić information content (AvgIpc) is 1.58. The molecule has 7 heterocycles. The fourth-order valence-electron chi connectivity index (χ4n) is 17.5. The van der Waals surface area contributed by atoms with E-state index in [0.29, 0.717) is 52.4 Å². The van der Waals surface area contributed by atoms with Crippen molar-refractivity contribution in [3.8, 4) is 170 Å². The van der Waals surface area contributed by atoms with Crippen LogP contribution in [0.2, 0.25) is 0 Å². The van der Waals surface area contributed by atoms with E-state index >= 15 is 0 Å². The zero-order chi connectivity index (χ0) is 83.4. The number of aromatic nitrogens is 15. The van der Waals surface area contributed by atoms with E-state index in [1.54, 1.807) is 19.0 Å². The molecular formula is C110H69N15O. The molecule has 15 aromatic carbocycles. The van der Waals surface area contributed by atoms with Crippen molar-refractivity contribution in [2.24, 2.45) is 0 Å². The monoisotopic (exact) mass is 1620 g/mol. The molecule has 16 heteroatoms. The minimum Gasteiger partial charge on any atom is -0.455 e. The van der Waals surface area contributed by atoms with Gasteiger partial charge in [0.15, 0.2) is 52.4 Å². The second-order valence-electron chi connectivity index (χ2n) is 31.3. The second kappa shape index (κ2) is 31.8. The number of hydrogen-bond donors (Lipinski definition) is 0. The van der Waals surface area contributed by atoms with E-state index < -0.39 is 0 Å². The van der Waals surface area contributed by atoms with Gasteiger partial charge < -0.3 is 4.42 Å². The van der Waals surface area contributed by atoms with Crippen LogP contribution in [0.3, 0.4) is 0 Å². The second-order valence-corrected chi connectivity index (χ2v) is 31.3. The summed E-state index contributed by atoms with van der Waals surface area (Å²) in [7, 11) is 0. The molecule has 0 saturated carbocycles. The number of furan rings is 1. The third-order valence-corrected chi connectivity index (χ3v) is 23.6. The maximum atomic E-state index is 6.53. The lowest BCUT2D eigenvalue weighted by Gasteiger charge is -2.10. The van der Waals surface area contributed by atoms with Crippen LogP contribution in [-0.2, 0) is 19.3 Å². The zero-order valence-electron chi connectivity index (χ0n) is 67.6. The van der Waals surface area contributed by atoms with E-state index in [0.717, 1.165) is 169 Å². The van der Waals surface area contributed by atoms with Crippen LogP contribution in [0.5, 0.6) is 0 Å². The van der Waals surface area contributed by atoms with Crippen LogP contribution in [0.4, 0.5) is 0 Å². The van der Waals surface area contributed by atoms with Gasteiger partial charge in [0.05, 0.1) is 39.7 Å². The van der Waals surface area contributed by atoms with Crippen LogP contribution in [0.25, 0.3) is 214 Å². The summed E-state index contributed by atoms with van der Waals surface area (Å²) in [4.78, 5) is 72.1. The molecular weight excluding hydrogens is 1550 g/mol. The van der Waals surface area contributed by atoms with Gasteiger partial charge in [0.2, 0.25) is 0 Å². The van der Waals surface area contributed by atoms with Crippen LogP contribution < -0.4 is 0 Å². The van der Waals surface area contributed by atoms with Gasteiger partial charge in [0.1, 0.15) is 30.1 Å². The van der Waals surface area contributed by atoms with Gasteiger partial charge in [-0.1, -0.05) is 315 Å². The molecule has 0 fully saturated rings. The highest BCUT2D eigenvalue weighted by atomic mass is 16.3. The van der Waals surface area contributed by atoms with Crippen molar-refractivity contribution in [2.45, 2.75) is 19.3 Å². The van der Waals surface area contributed by atoms with Gasteiger partial charge >= 0.3 is 0 Å². The molecule has 16 nitrogen and oxygen atoms in total. The normalized spacial score (nSPS) is 11.9. The number of fused-ring (bicyclic) bond motifs is 14. The minimum absolute atomic E-state index is 0.564. The molecule has 0 atom stereocenters. The fraction of sp³-hybridized carbons (Fsp3) is 0.0273. The Morgan fingerprint density at radius 3 is 0.841 bits per heavy atom. The van der Waals surface area contributed by atoms with E-state index in [1.807, 2.05) is 200 Å². The third-order valence-electron chi connectivity index (χ3n) is 23.6. The van der Waals surface area contributed by atoms with Crippen molar-refractivity contribution >= 4 is 43.5 Å². The van der Waals surface area contributed by atoms with Gasteiger partial charge in [-0.15, -0.1) is 0 Å². The Kier molecular flexibility index (Phi) is 18.7. The Bertz CT molecular complexity index is 7830. The summed E-state index contributed by atoms with van der Waals surface area (Å²) in [5.41, 5.74) is 30.1. The summed E-state index contributed by atoms with van der Waals surface area (Å²) in [5.74, 6) is 5.70. The Balaban J connectivity index is 0.000000109. The number of nitrogens with zero attached hydrogens (tertiary/aromatic N) is 15. The summed E-state index contributed by atoms with van der Waals surface area (Å²) in [6, 6.07) is 124. The van der Waals surface area contributed by atoms with Crippen molar-refractivity contribution in [3.63, 3.8) is 0 Å². The van der Waals surface area contributed by atoms with Crippen LogP contribution >= 0.6 is 0 Å². The minimum atomic E-state index is 0.564. The molecule has 0 spiro atoms. The lowest BCUT2D eigenvalue weighted by Crippen LogP contribution is -2.00. The molecule has 0 unspecified atom stereocenters. The van der Waals surface area contributed by atoms with Crippen molar-refractivity contribution < 1.29 is 4.42 Å². The maximum absolute atomic E-state index is 6.53. The third kappa shape index (κ3) is 14.0. The average molecular weight is 1620 g/mol. The number of hydrogen-bond acceptors (Lipinski definition) is 16. The summed E-state index contributed by atoms with van der Waals surface area (Å²) in [6.07, 6.45) is 7.54. The predicted molar refractivity (Wildman–Crippen MR) is 498 cm³/mol. The first kappa shape index (κ1) is 74.0. The van der Waals surface area contributed by atoms with Crippen molar-refractivity contribution in [1.82, 2.24) is 74.8 Å². The Labute approximate surface area is 723 Å². The van der Waals surface area contributed by atoms with Gasteiger partial charge in [-0.3, -0.25) is 0 Å². The first-order valence-electron chi connectivity index (χ1n) is 41.8. The molecule has 0 bridgehead atoms. The fourth-order valence-corrected chi connectivity index (χ4v) is 17.5. The predicted octanol–water partition coefficient (Wildman–Crippen LogP) is 24.9. The topological polar surface area (TPSA) is 206 Å². The highest BCUT2D eigenvalue weighted by Crippen LogP contribution is 2.46. The lowest BCUT2D eigenvalue weighted by atomic mass is 9.99. The molecule has 3 aliphatic rings. The molecule has 0 amide bonds. The van der Waals surface area contributed by atoms with Gasteiger partial charge in [-0.05, 0) is 86.8 Å². The quantitative estimate of drug-likeness (QED) is 0.111. The van der Waals surface area contributed by atoms with Crippen LogP contribution in [-0.4, -0.2) is 74.8 Å².